The van der Waals surface area contributed by atoms with Crippen LogP contribution in [0.25, 0.3) is 0 Å². The first-order valence-electron chi connectivity index (χ1n) is 9.72. The van der Waals surface area contributed by atoms with Gasteiger partial charge < -0.3 is 4.90 Å². The van der Waals surface area contributed by atoms with Gasteiger partial charge in [0, 0.05) is 25.6 Å². The highest BCUT2D eigenvalue weighted by atomic mass is 16.2. The van der Waals surface area contributed by atoms with Crippen LogP contribution in [0.4, 0.5) is 0 Å². The Morgan fingerprint density at radius 2 is 1.92 bits per heavy atom. The van der Waals surface area contributed by atoms with Gasteiger partial charge in [-0.05, 0) is 37.7 Å². The van der Waals surface area contributed by atoms with Gasteiger partial charge in [-0.15, -0.1) is 0 Å². The second-order valence-electron chi connectivity index (χ2n) is 7.39. The third-order valence-electron chi connectivity index (χ3n) is 5.58. The van der Waals surface area contributed by atoms with E-state index in [0.29, 0.717) is 0 Å². The van der Waals surface area contributed by atoms with Gasteiger partial charge in [0.15, 0.2) is 0 Å². The molecule has 2 aliphatic heterocycles. The Kier molecular flexibility index (Phi) is 4.91. The molecule has 1 unspecified atom stereocenters. The van der Waals surface area contributed by atoms with Crippen molar-refractivity contribution in [3.8, 4) is 0 Å². The number of benzene rings is 1. The molecule has 1 amide bonds. The number of aromatic nitrogens is 3. The minimum absolute atomic E-state index is 0.0128. The molecule has 0 saturated carbocycles. The maximum atomic E-state index is 12.9. The molecule has 2 aliphatic rings. The van der Waals surface area contributed by atoms with Gasteiger partial charge >= 0.3 is 5.69 Å². The molecule has 6 heteroatoms. The van der Waals surface area contributed by atoms with E-state index >= 15 is 0 Å². The number of hydrogen-bond acceptors (Lipinski definition) is 3. The van der Waals surface area contributed by atoms with Crippen LogP contribution >= 0.6 is 0 Å². The monoisotopic (exact) mass is 354 g/mol. The molecule has 1 saturated heterocycles. The Balaban J connectivity index is 1.47. The van der Waals surface area contributed by atoms with Crippen molar-refractivity contribution in [1.82, 2.24) is 19.2 Å². The summed E-state index contributed by atoms with van der Waals surface area (Å²) in [5, 5.41) is 4.45. The third-order valence-corrected chi connectivity index (χ3v) is 5.58. The van der Waals surface area contributed by atoms with Gasteiger partial charge in [0.05, 0.1) is 0 Å². The van der Waals surface area contributed by atoms with Gasteiger partial charge in [-0.25, -0.2) is 9.48 Å². The predicted molar refractivity (Wildman–Crippen MR) is 98.9 cm³/mol. The van der Waals surface area contributed by atoms with Crippen LogP contribution in [0.5, 0.6) is 0 Å². The predicted octanol–water partition coefficient (Wildman–Crippen LogP) is 2.00. The first kappa shape index (κ1) is 17.1. The fourth-order valence-corrected chi connectivity index (χ4v) is 4.21. The standard InChI is InChI=1S/C20H26N4O2/c25-19(15-24-20(26)23-12-6-2-5-11-18(23)21-24)22-13-7-10-17(22)14-16-8-3-1-4-9-16/h1,3-4,8-9,17H,2,5-7,10-15H2. The number of carbonyl (C=O) groups is 1. The van der Waals surface area contributed by atoms with Crippen LogP contribution in [-0.2, 0) is 30.7 Å². The van der Waals surface area contributed by atoms with Crippen LogP contribution < -0.4 is 5.69 Å². The molecule has 2 aromatic rings. The molecule has 0 bridgehead atoms. The molecule has 1 fully saturated rings. The molecule has 1 aromatic carbocycles. The van der Waals surface area contributed by atoms with Crippen molar-refractivity contribution in [1.29, 1.82) is 0 Å². The van der Waals surface area contributed by atoms with Crippen LogP contribution in [0.1, 0.15) is 43.5 Å². The Morgan fingerprint density at radius 1 is 1.08 bits per heavy atom. The lowest BCUT2D eigenvalue weighted by Crippen LogP contribution is -2.41. The fourth-order valence-electron chi connectivity index (χ4n) is 4.21. The Morgan fingerprint density at radius 3 is 2.77 bits per heavy atom. The van der Waals surface area contributed by atoms with Gasteiger partial charge in [-0.2, -0.15) is 5.10 Å². The van der Waals surface area contributed by atoms with Crippen molar-refractivity contribution in [2.75, 3.05) is 6.54 Å². The highest BCUT2D eigenvalue weighted by Crippen LogP contribution is 2.21. The molecule has 3 heterocycles. The number of fused-ring (bicyclic) bond motifs is 1. The summed E-state index contributed by atoms with van der Waals surface area (Å²) in [6, 6.07) is 10.5. The number of nitrogens with zero attached hydrogens (tertiary/aromatic N) is 4. The van der Waals surface area contributed by atoms with E-state index in [9.17, 15) is 9.59 Å². The first-order chi connectivity index (χ1) is 12.7. The van der Waals surface area contributed by atoms with Gasteiger partial charge in [0.1, 0.15) is 12.4 Å². The van der Waals surface area contributed by atoms with Crippen LogP contribution in [0.2, 0.25) is 0 Å². The number of amides is 1. The zero-order valence-corrected chi connectivity index (χ0v) is 15.1. The molecule has 6 nitrogen and oxygen atoms in total. The van der Waals surface area contributed by atoms with Crippen LogP contribution in [0.15, 0.2) is 35.1 Å². The van der Waals surface area contributed by atoms with Crippen molar-refractivity contribution in [3.63, 3.8) is 0 Å². The van der Waals surface area contributed by atoms with Crippen molar-refractivity contribution < 1.29 is 4.79 Å². The van der Waals surface area contributed by atoms with Gasteiger partial charge in [0.25, 0.3) is 0 Å². The molecule has 1 atom stereocenters. The molecule has 1 aromatic heterocycles. The average molecular weight is 354 g/mol. The van der Waals surface area contributed by atoms with Crippen molar-refractivity contribution in [2.24, 2.45) is 0 Å². The lowest BCUT2D eigenvalue weighted by molar-refractivity contribution is -0.132. The van der Waals surface area contributed by atoms with E-state index in [0.717, 1.165) is 63.9 Å². The highest BCUT2D eigenvalue weighted by molar-refractivity contribution is 5.76. The third kappa shape index (κ3) is 3.45. The Labute approximate surface area is 153 Å². The second kappa shape index (κ2) is 7.48. The van der Waals surface area contributed by atoms with E-state index in [4.69, 9.17) is 0 Å². The van der Waals surface area contributed by atoms with E-state index in [1.54, 1.807) is 4.57 Å². The minimum Gasteiger partial charge on any atom is -0.338 e. The van der Waals surface area contributed by atoms with Gasteiger partial charge in [-0.3, -0.25) is 9.36 Å². The number of aryl methyl sites for hydroxylation is 1. The molecule has 4 rings (SSSR count). The van der Waals surface area contributed by atoms with Crippen molar-refractivity contribution in [3.05, 3.63) is 52.2 Å². The van der Waals surface area contributed by atoms with Crippen LogP contribution in [0.3, 0.4) is 0 Å². The van der Waals surface area contributed by atoms with E-state index in [2.05, 4.69) is 17.2 Å². The molecule has 138 valence electrons. The van der Waals surface area contributed by atoms with Crippen molar-refractivity contribution >= 4 is 5.91 Å². The number of carbonyl (C=O) groups excluding carboxylic acids is 1. The van der Waals surface area contributed by atoms with E-state index in [-0.39, 0.29) is 24.2 Å². The number of rotatable bonds is 4. The van der Waals surface area contributed by atoms with E-state index in [1.165, 1.54) is 10.2 Å². The number of hydrogen-bond donors (Lipinski definition) is 0. The summed E-state index contributed by atoms with van der Waals surface area (Å²) in [5.74, 6) is 0.848. The first-order valence-corrected chi connectivity index (χ1v) is 9.72. The molecular weight excluding hydrogens is 328 g/mol. The summed E-state index contributed by atoms with van der Waals surface area (Å²) >= 11 is 0. The lowest BCUT2D eigenvalue weighted by Gasteiger charge is -2.24. The van der Waals surface area contributed by atoms with Crippen LogP contribution in [-0.4, -0.2) is 37.7 Å². The largest absolute Gasteiger partial charge is 0.346 e. The molecular formula is C20H26N4O2. The maximum Gasteiger partial charge on any atom is 0.346 e. The van der Waals surface area contributed by atoms with Crippen LogP contribution in [0, 0.1) is 0 Å². The SMILES string of the molecule is O=C(Cn1nc2n(c1=O)CCCCC2)N1CCCC1Cc1ccccc1. The second-order valence-corrected chi connectivity index (χ2v) is 7.39. The fraction of sp³-hybridized carbons (Fsp3) is 0.550. The normalized spacial score (nSPS) is 20.0. The Hall–Kier alpha value is -2.37. The zero-order valence-electron chi connectivity index (χ0n) is 15.1. The lowest BCUT2D eigenvalue weighted by atomic mass is 10.0. The molecule has 0 N–H and O–H groups in total. The van der Waals surface area contributed by atoms with Gasteiger partial charge in [-0.1, -0.05) is 36.8 Å². The summed E-state index contributed by atoms with van der Waals surface area (Å²) in [4.78, 5) is 27.4. The highest BCUT2D eigenvalue weighted by Gasteiger charge is 2.29. The summed E-state index contributed by atoms with van der Waals surface area (Å²) in [6.07, 6.45) is 6.97. The summed E-state index contributed by atoms with van der Waals surface area (Å²) in [5.41, 5.74) is 1.12. The number of likely N-dealkylation sites (tertiary alicyclic amines) is 1. The van der Waals surface area contributed by atoms with Crippen molar-refractivity contribution in [2.45, 2.75) is 64.1 Å². The topological polar surface area (TPSA) is 60.1 Å². The minimum atomic E-state index is -0.131. The van der Waals surface area contributed by atoms with E-state index in [1.807, 2.05) is 23.1 Å². The average Bonchev–Trinajstić information content (AvgIpc) is 3.13. The van der Waals surface area contributed by atoms with E-state index < -0.39 is 0 Å². The quantitative estimate of drug-likeness (QED) is 0.844. The van der Waals surface area contributed by atoms with Gasteiger partial charge in [0.2, 0.25) is 5.91 Å². The molecule has 0 aliphatic carbocycles. The summed E-state index contributed by atoms with van der Waals surface area (Å²) in [6.45, 7) is 1.56. The maximum absolute atomic E-state index is 12.9. The smallest absolute Gasteiger partial charge is 0.338 e. The molecule has 0 radical (unpaired) electrons. The summed E-state index contributed by atoms with van der Waals surface area (Å²) < 4.78 is 3.13. The molecule has 26 heavy (non-hydrogen) atoms. The zero-order chi connectivity index (χ0) is 17.9. The summed E-state index contributed by atoms with van der Waals surface area (Å²) in [7, 11) is 0. The Bertz CT molecular complexity index is 824. The molecule has 0 spiro atoms.